The molecule has 1 aromatic carbocycles. The van der Waals surface area contributed by atoms with Crippen LogP contribution >= 0.6 is 0 Å². The molecular weight excluding hydrogens is 306 g/mol. The quantitative estimate of drug-likeness (QED) is 0.845. The first-order valence-electron chi connectivity index (χ1n) is 7.63. The van der Waals surface area contributed by atoms with E-state index in [1.807, 2.05) is 37.3 Å². The van der Waals surface area contributed by atoms with Gasteiger partial charge in [0.25, 0.3) is 5.91 Å². The normalized spacial score (nSPS) is 11.5. The highest BCUT2D eigenvalue weighted by molar-refractivity contribution is 5.94. The van der Waals surface area contributed by atoms with Gasteiger partial charge in [0.1, 0.15) is 0 Å². The third-order valence-electron chi connectivity index (χ3n) is 3.67. The maximum Gasteiger partial charge on any atom is 0.256 e. The maximum atomic E-state index is 12.4. The van der Waals surface area contributed by atoms with Gasteiger partial charge in [-0.25, -0.2) is 9.97 Å². The van der Waals surface area contributed by atoms with E-state index in [9.17, 15) is 9.59 Å². The molecule has 0 saturated carbocycles. The first-order chi connectivity index (χ1) is 11.5. The summed E-state index contributed by atoms with van der Waals surface area (Å²) in [6.07, 6.45) is 3.20. The average molecular weight is 327 g/mol. The van der Waals surface area contributed by atoms with Crippen molar-refractivity contribution in [1.29, 1.82) is 0 Å². The van der Waals surface area contributed by atoms with Crippen LogP contribution in [0, 0.1) is 0 Å². The van der Waals surface area contributed by atoms with E-state index in [-0.39, 0.29) is 24.3 Å². The number of rotatable bonds is 6. The van der Waals surface area contributed by atoms with E-state index in [2.05, 4.69) is 20.6 Å². The second-order valence-electron chi connectivity index (χ2n) is 5.43. The molecule has 0 spiro atoms. The standard InChI is InChI=1S/C17H21N5O2/c1-12(9-15(23)18-2)22(3)16(24)13-10-19-17(20-11-13)21-14-7-5-4-6-8-14/h4-8,10-12H,9H2,1-3H3,(H,18,23)(H,19,20,21)/t12-/m0/s1. The van der Waals surface area contributed by atoms with Crippen LogP contribution in [0.3, 0.4) is 0 Å². The molecule has 2 amide bonds. The molecule has 0 unspecified atom stereocenters. The Hall–Kier alpha value is -2.96. The lowest BCUT2D eigenvalue weighted by molar-refractivity contribution is -0.121. The van der Waals surface area contributed by atoms with Crippen molar-refractivity contribution in [2.45, 2.75) is 19.4 Å². The molecule has 7 heteroatoms. The lowest BCUT2D eigenvalue weighted by Crippen LogP contribution is -2.38. The fourth-order valence-electron chi connectivity index (χ4n) is 2.06. The molecule has 2 aromatic rings. The zero-order chi connectivity index (χ0) is 17.5. The molecule has 0 aliphatic heterocycles. The van der Waals surface area contributed by atoms with Crippen LogP contribution in [-0.2, 0) is 4.79 Å². The van der Waals surface area contributed by atoms with Crippen molar-refractivity contribution < 1.29 is 9.59 Å². The summed E-state index contributed by atoms with van der Waals surface area (Å²) in [5.74, 6) is 0.0808. The van der Waals surface area contributed by atoms with E-state index in [1.165, 1.54) is 17.3 Å². The van der Waals surface area contributed by atoms with Crippen molar-refractivity contribution in [2.24, 2.45) is 0 Å². The van der Waals surface area contributed by atoms with E-state index in [4.69, 9.17) is 0 Å². The second-order valence-corrected chi connectivity index (χ2v) is 5.43. The number of para-hydroxylation sites is 1. The smallest absolute Gasteiger partial charge is 0.256 e. The van der Waals surface area contributed by atoms with Crippen LogP contribution in [0.15, 0.2) is 42.7 Å². The van der Waals surface area contributed by atoms with E-state index in [0.717, 1.165) is 5.69 Å². The molecule has 1 atom stereocenters. The highest BCUT2D eigenvalue weighted by atomic mass is 16.2. The second kappa shape index (κ2) is 8.05. The highest BCUT2D eigenvalue weighted by Gasteiger charge is 2.20. The molecule has 2 N–H and O–H groups in total. The molecule has 0 bridgehead atoms. The SMILES string of the molecule is CNC(=O)C[C@H](C)N(C)C(=O)c1cnc(Nc2ccccc2)nc1. The lowest BCUT2D eigenvalue weighted by Gasteiger charge is -2.24. The number of nitrogens with one attached hydrogen (secondary N) is 2. The van der Waals surface area contributed by atoms with Crippen LogP contribution in [0.4, 0.5) is 11.6 Å². The van der Waals surface area contributed by atoms with E-state index < -0.39 is 0 Å². The fourth-order valence-corrected chi connectivity index (χ4v) is 2.06. The summed E-state index contributed by atoms with van der Waals surface area (Å²) in [6.45, 7) is 1.82. The van der Waals surface area contributed by atoms with Crippen molar-refractivity contribution in [3.8, 4) is 0 Å². The number of anilines is 2. The lowest BCUT2D eigenvalue weighted by atomic mass is 10.2. The Morgan fingerprint density at radius 1 is 1.17 bits per heavy atom. The zero-order valence-electron chi connectivity index (χ0n) is 14.0. The van der Waals surface area contributed by atoms with Crippen molar-refractivity contribution >= 4 is 23.5 Å². The number of nitrogens with zero attached hydrogens (tertiary/aromatic N) is 3. The summed E-state index contributed by atoms with van der Waals surface area (Å²) < 4.78 is 0. The molecule has 1 aromatic heterocycles. The van der Waals surface area contributed by atoms with Gasteiger partial charge in [-0.3, -0.25) is 9.59 Å². The summed E-state index contributed by atoms with van der Waals surface area (Å²) in [4.78, 5) is 33.7. The number of amides is 2. The third kappa shape index (κ3) is 4.52. The Balaban J connectivity index is 2.01. The van der Waals surface area contributed by atoms with Crippen LogP contribution in [0.1, 0.15) is 23.7 Å². The molecule has 0 fully saturated rings. The minimum Gasteiger partial charge on any atom is -0.359 e. The van der Waals surface area contributed by atoms with Gasteiger partial charge in [-0.1, -0.05) is 18.2 Å². The number of benzene rings is 1. The van der Waals surface area contributed by atoms with Gasteiger partial charge in [-0.2, -0.15) is 0 Å². The van der Waals surface area contributed by atoms with Gasteiger partial charge < -0.3 is 15.5 Å². The number of carbonyl (C=O) groups excluding carboxylic acids is 2. The zero-order valence-corrected chi connectivity index (χ0v) is 14.0. The predicted molar refractivity (Wildman–Crippen MR) is 92.0 cm³/mol. The van der Waals surface area contributed by atoms with Crippen molar-refractivity contribution in [1.82, 2.24) is 20.2 Å². The number of hydrogen-bond acceptors (Lipinski definition) is 5. The van der Waals surface area contributed by atoms with Crippen molar-refractivity contribution in [3.05, 3.63) is 48.3 Å². The largest absolute Gasteiger partial charge is 0.359 e. The van der Waals surface area contributed by atoms with Gasteiger partial charge in [-0.05, 0) is 19.1 Å². The monoisotopic (exact) mass is 327 g/mol. The summed E-state index contributed by atoms with van der Waals surface area (Å²) in [5, 5.41) is 5.61. The first kappa shape index (κ1) is 17.4. The molecule has 7 nitrogen and oxygen atoms in total. The topological polar surface area (TPSA) is 87.2 Å². The summed E-state index contributed by atoms with van der Waals surface area (Å²) in [6, 6.07) is 9.31. The summed E-state index contributed by atoms with van der Waals surface area (Å²) in [5.41, 5.74) is 1.24. The number of hydrogen-bond donors (Lipinski definition) is 2. The Morgan fingerprint density at radius 3 is 2.38 bits per heavy atom. The number of carbonyl (C=O) groups is 2. The Labute approximate surface area is 141 Å². The van der Waals surface area contributed by atoms with E-state index in [1.54, 1.807) is 14.1 Å². The van der Waals surface area contributed by atoms with Gasteiger partial charge in [-0.15, -0.1) is 0 Å². The van der Waals surface area contributed by atoms with Crippen LogP contribution in [0.25, 0.3) is 0 Å². The van der Waals surface area contributed by atoms with E-state index in [0.29, 0.717) is 11.5 Å². The summed E-state index contributed by atoms with van der Waals surface area (Å²) >= 11 is 0. The van der Waals surface area contributed by atoms with Crippen LogP contribution in [0.2, 0.25) is 0 Å². The molecule has 0 saturated heterocycles. The van der Waals surface area contributed by atoms with Crippen LogP contribution in [-0.4, -0.2) is 46.8 Å². The maximum absolute atomic E-state index is 12.4. The Morgan fingerprint density at radius 2 is 1.79 bits per heavy atom. The molecule has 0 aliphatic rings. The number of aromatic nitrogens is 2. The van der Waals surface area contributed by atoms with Gasteiger partial charge in [0, 0.05) is 44.6 Å². The van der Waals surface area contributed by atoms with Gasteiger partial charge in [0.05, 0.1) is 5.56 Å². The van der Waals surface area contributed by atoms with Crippen molar-refractivity contribution in [3.63, 3.8) is 0 Å². The first-order valence-corrected chi connectivity index (χ1v) is 7.63. The molecule has 24 heavy (non-hydrogen) atoms. The van der Waals surface area contributed by atoms with Gasteiger partial charge in [0.2, 0.25) is 11.9 Å². The minimum absolute atomic E-state index is 0.110. The van der Waals surface area contributed by atoms with Gasteiger partial charge in [0.15, 0.2) is 0 Å². The summed E-state index contributed by atoms with van der Waals surface area (Å²) in [7, 11) is 3.23. The fraction of sp³-hybridized carbons (Fsp3) is 0.294. The minimum atomic E-state index is -0.224. The van der Waals surface area contributed by atoms with Crippen LogP contribution < -0.4 is 10.6 Å². The van der Waals surface area contributed by atoms with Crippen molar-refractivity contribution in [2.75, 3.05) is 19.4 Å². The molecule has 0 radical (unpaired) electrons. The Bertz CT molecular complexity index is 688. The molecular formula is C17H21N5O2. The molecule has 0 aliphatic carbocycles. The highest BCUT2D eigenvalue weighted by Crippen LogP contribution is 2.13. The third-order valence-corrected chi connectivity index (χ3v) is 3.67. The van der Waals surface area contributed by atoms with E-state index >= 15 is 0 Å². The Kier molecular flexibility index (Phi) is 5.83. The molecule has 126 valence electrons. The average Bonchev–Trinajstić information content (AvgIpc) is 2.61. The molecule has 1 heterocycles. The van der Waals surface area contributed by atoms with Gasteiger partial charge >= 0.3 is 0 Å². The van der Waals surface area contributed by atoms with Crippen LogP contribution in [0.5, 0.6) is 0 Å². The molecule has 2 rings (SSSR count). The predicted octanol–water partition coefficient (Wildman–Crippen LogP) is 1.82.